The van der Waals surface area contributed by atoms with Crippen LogP contribution in [-0.2, 0) is 9.53 Å². The summed E-state index contributed by atoms with van der Waals surface area (Å²) in [4.78, 5) is 12.0. The molecule has 3 unspecified atom stereocenters. The Morgan fingerprint density at radius 2 is 2.28 bits per heavy atom. The second-order valence-corrected chi connectivity index (χ2v) is 5.95. The number of hydrogen-bond donors (Lipinski definition) is 2. The molecule has 0 aromatic rings. The number of rotatable bonds is 3. The molecule has 1 aliphatic heterocycles. The van der Waals surface area contributed by atoms with Gasteiger partial charge in [0.05, 0.1) is 13.2 Å². The number of nitrogens with one attached hydrogen (secondary N) is 2. The van der Waals surface area contributed by atoms with Gasteiger partial charge in [0.2, 0.25) is 5.91 Å². The lowest BCUT2D eigenvalue weighted by molar-refractivity contribution is -0.126. The summed E-state index contributed by atoms with van der Waals surface area (Å²) in [6, 6.07) is 0.204. The second-order valence-electron chi connectivity index (χ2n) is 4.81. The molecule has 2 rings (SSSR count). The molecule has 1 aliphatic carbocycles. The number of amides is 1. The van der Waals surface area contributed by atoms with Crippen LogP contribution in [0.25, 0.3) is 0 Å². The quantitative estimate of drug-likeness (QED) is 0.821. The van der Waals surface area contributed by atoms with E-state index in [1.54, 1.807) is 0 Å². The molecule has 18 heavy (non-hydrogen) atoms. The lowest BCUT2D eigenvalue weighted by Crippen LogP contribution is -2.54. The van der Waals surface area contributed by atoms with Gasteiger partial charge in [-0.3, -0.25) is 4.79 Å². The molecule has 0 aromatic heterocycles. The highest BCUT2D eigenvalue weighted by Crippen LogP contribution is 2.26. The second kappa shape index (κ2) is 8.25. The van der Waals surface area contributed by atoms with Crippen molar-refractivity contribution in [3.8, 4) is 0 Å². The van der Waals surface area contributed by atoms with Crippen LogP contribution in [0.3, 0.4) is 0 Å². The van der Waals surface area contributed by atoms with Crippen LogP contribution in [0.4, 0.5) is 0 Å². The molecule has 2 aliphatic rings. The first kappa shape index (κ1) is 16.1. The monoisotopic (exact) mass is 294 g/mol. The van der Waals surface area contributed by atoms with Crippen molar-refractivity contribution in [1.29, 1.82) is 0 Å². The highest BCUT2D eigenvalue weighted by molar-refractivity contribution is 7.99. The van der Waals surface area contributed by atoms with E-state index in [2.05, 4.69) is 16.9 Å². The van der Waals surface area contributed by atoms with Crippen molar-refractivity contribution in [2.45, 2.75) is 43.0 Å². The van der Waals surface area contributed by atoms with Crippen molar-refractivity contribution in [2.24, 2.45) is 0 Å². The molecule has 3 atom stereocenters. The first-order chi connectivity index (χ1) is 8.29. The molecular weight excluding hydrogens is 272 g/mol. The van der Waals surface area contributed by atoms with Gasteiger partial charge in [-0.2, -0.15) is 11.8 Å². The lowest BCUT2D eigenvalue weighted by Gasteiger charge is -2.31. The van der Waals surface area contributed by atoms with E-state index < -0.39 is 0 Å². The van der Waals surface area contributed by atoms with Crippen LogP contribution in [0.5, 0.6) is 0 Å². The van der Waals surface area contributed by atoms with Crippen molar-refractivity contribution in [3.63, 3.8) is 0 Å². The van der Waals surface area contributed by atoms with Gasteiger partial charge < -0.3 is 15.4 Å². The summed E-state index contributed by atoms with van der Waals surface area (Å²) in [5.74, 6) is 0.108. The fraction of sp³-hybridized carbons (Fsp3) is 0.917. The molecule has 0 radical (unpaired) electrons. The van der Waals surface area contributed by atoms with Crippen LogP contribution >= 0.6 is 24.2 Å². The predicted octanol–water partition coefficient (Wildman–Crippen LogP) is 1.19. The van der Waals surface area contributed by atoms with Gasteiger partial charge in [-0.1, -0.05) is 6.42 Å². The number of morpholine rings is 1. The van der Waals surface area contributed by atoms with Gasteiger partial charge in [-0.15, -0.1) is 12.4 Å². The molecule has 106 valence electrons. The Bertz CT molecular complexity index is 262. The van der Waals surface area contributed by atoms with Crippen LogP contribution in [0.15, 0.2) is 0 Å². The molecule has 1 heterocycles. The largest absolute Gasteiger partial charge is 0.378 e. The smallest absolute Gasteiger partial charge is 0.239 e. The first-order valence-corrected chi connectivity index (χ1v) is 7.72. The SMILES string of the molecule is CSC1CCCC(NC(=O)C2COCCN2)C1.Cl. The fourth-order valence-corrected chi connectivity index (χ4v) is 3.35. The third-order valence-electron chi connectivity index (χ3n) is 3.54. The van der Waals surface area contributed by atoms with Crippen molar-refractivity contribution in [1.82, 2.24) is 10.6 Å². The maximum atomic E-state index is 12.0. The summed E-state index contributed by atoms with van der Waals surface area (Å²) < 4.78 is 5.31. The van der Waals surface area contributed by atoms with Crippen molar-refractivity contribution < 1.29 is 9.53 Å². The minimum absolute atomic E-state index is 0. The molecular formula is C12H23ClN2O2S. The van der Waals surface area contributed by atoms with Gasteiger partial charge in [-0.25, -0.2) is 0 Å². The lowest BCUT2D eigenvalue weighted by atomic mass is 9.94. The van der Waals surface area contributed by atoms with Gasteiger partial charge in [0, 0.05) is 17.8 Å². The molecule has 2 N–H and O–H groups in total. The zero-order chi connectivity index (χ0) is 12.1. The molecule has 1 saturated carbocycles. The number of hydrogen-bond acceptors (Lipinski definition) is 4. The Morgan fingerprint density at radius 1 is 1.44 bits per heavy atom. The van der Waals surface area contributed by atoms with Crippen LogP contribution in [0, 0.1) is 0 Å². The van der Waals surface area contributed by atoms with Gasteiger partial charge in [0.25, 0.3) is 0 Å². The van der Waals surface area contributed by atoms with Gasteiger partial charge in [0.15, 0.2) is 0 Å². The molecule has 1 saturated heterocycles. The molecule has 2 fully saturated rings. The third-order valence-corrected chi connectivity index (χ3v) is 4.64. The van der Waals surface area contributed by atoms with E-state index in [9.17, 15) is 4.79 Å². The summed E-state index contributed by atoms with van der Waals surface area (Å²) in [5, 5.41) is 7.06. The van der Waals surface area contributed by atoms with E-state index in [1.807, 2.05) is 11.8 Å². The van der Waals surface area contributed by atoms with Crippen LogP contribution < -0.4 is 10.6 Å². The predicted molar refractivity (Wildman–Crippen MR) is 77.6 cm³/mol. The summed E-state index contributed by atoms with van der Waals surface area (Å²) in [7, 11) is 0. The van der Waals surface area contributed by atoms with Crippen LogP contribution in [0.2, 0.25) is 0 Å². The van der Waals surface area contributed by atoms with E-state index in [0.29, 0.717) is 24.5 Å². The van der Waals surface area contributed by atoms with Crippen LogP contribution in [0.1, 0.15) is 25.7 Å². The summed E-state index contributed by atoms with van der Waals surface area (Å²) in [6.07, 6.45) is 6.91. The average molecular weight is 295 g/mol. The Balaban J connectivity index is 0.00000162. The minimum Gasteiger partial charge on any atom is -0.378 e. The number of ether oxygens (including phenoxy) is 1. The number of thioether (sulfide) groups is 1. The zero-order valence-electron chi connectivity index (χ0n) is 10.8. The molecule has 0 aromatic carbocycles. The maximum absolute atomic E-state index is 12.0. The maximum Gasteiger partial charge on any atom is 0.239 e. The van der Waals surface area contributed by atoms with E-state index in [0.717, 1.165) is 19.4 Å². The Labute approximate surface area is 119 Å². The molecule has 0 bridgehead atoms. The zero-order valence-corrected chi connectivity index (χ0v) is 12.4. The first-order valence-electron chi connectivity index (χ1n) is 6.44. The van der Waals surface area contributed by atoms with Crippen molar-refractivity contribution in [2.75, 3.05) is 26.0 Å². The Hall–Kier alpha value is 0.0300. The fourth-order valence-electron chi connectivity index (χ4n) is 2.53. The van der Waals surface area contributed by atoms with Gasteiger partial charge >= 0.3 is 0 Å². The Kier molecular flexibility index (Phi) is 7.37. The number of carbonyl (C=O) groups is 1. The van der Waals surface area contributed by atoms with Gasteiger partial charge in [-0.05, 0) is 25.5 Å². The summed E-state index contributed by atoms with van der Waals surface area (Å²) >= 11 is 1.92. The topological polar surface area (TPSA) is 50.4 Å². The van der Waals surface area contributed by atoms with Crippen molar-refractivity contribution in [3.05, 3.63) is 0 Å². The molecule has 4 nitrogen and oxygen atoms in total. The average Bonchev–Trinajstić information content (AvgIpc) is 2.40. The third kappa shape index (κ3) is 4.61. The number of halogens is 1. The summed E-state index contributed by atoms with van der Waals surface area (Å²) in [5.41, 5.74) is 0. The molecule has 1 amide bonds. The molecule has 0 spiro atoms. The summed E-state index contributed by atoms with van der Waals surface area (Å²) in [6.45, 7) is 1.99. The Morgan fingerprint density at radius 3 is 2.94 bits per heavy atom. The van der Waals surface area contributed by atoms with Crippen molar-refractivity contribution >= 4 is 30.1 Å². The standard InChI is InChI=1S/C12H22N2O2S.ClH/c1-17-10-4-2-3-9(7-10)14-12(15)11-8-16-6-5-13-11;/h9-11,13H,2-8H2,1H3,(H,14,15);1H. The van der Waals surface area contributed by atoms with E-state index in [1.165, 1.54) is 12.8 Å². The van der Waals surface area contributed by atoms with E-state index >= 15 is 0 Å². The normalized spacial score (nSPS) is 32.4. The van der Waals surface area contributed by atoms with Crippen LogP contribution in [-0.4, -0.2) is 49.3 Å². The highest BCUT2D eigenvalue weighted by atomic mass is 35.5. The van der Waals surface area contributed by atoms with Gasteiger partial charge in [0.1, 0.15) is 6.04 Å². The molecule has 6 heteroatoms. The highest BCUT2D eigenvalue weighted by Gasteiger charge is 2.26. The van der Waals surface area contributed by atoms with E-state index in [-0.39, 0.29) is 24.4 Å². The number of carbonyl (C=O) groups excluding carboxylic acids is 1. The minimum atomic E-state index is -0.154. The van der Waals surface area contributed by atoms with E-state index in [4.69, 9.17) is 4.74 Å².